The van der Waals surface area contributed by atoms with E-state index in [2.05, 4.69) is 0 Å². The van der Waals surface area contributed by atoms with E-state index < -0.39 is 19.9 Å². The highest BCUT2D eigenvalue weighted by Crippen LogP contribution is 2.18. The first kappa shape index (κ1) is 17.7. The molecule has 0 saturated heterocycles. The molecular weight excluding hydrogens is 334 g/mol. The van der Waals surface area contributed by atoms with Crippen LogP contribution in [0.25, 0.3) is 0 Å². The van der Waals surface area contributed by atoms with E-state index in [1.54, 1.807) is 36.4 Å². The van der Waals surface area contributed by atoms with Gasteiger partial charge in [-0.3, -0.25) is 0 Å². The molecule has 0 saturated carbocycles. The minimum Gasteiger partial charge on any atom is -0.228 e. The van der Waals surface area contributed by atoms with Gasteiger partial charge < -0.3 is 0 Å². The van der Waals surface area contributed by atoms with E-state index in [-0.39, 0.29) is 16.4 Å². The van der Waals surface area contributed by atoms with Crippen LogP contribution in [0.15, 0.2) is 59.5 Å². The Kier molecular flexibility index (Phi) is 5.23. The van der Waals surface area contributed by atoms with Crippen molar-refractivity contribution >= 4 is 19.9 Å². The van der Waals surface area contributed by atoms with Gasteiger partial charge in [0.05, 0.1) is 16.4 Å². The molecule has 0 aliphatic rings. The smallest absolute Gasteiger partial charge is 0.228 e. The summed E-state index contributed by atoms with van der Waals surface area (Å²) in [5.74, 6) is -0.267. The molecule has 0 aliphatic carbocycles. The Balaban J connectivity index is 2.24. The summed E-state index contributed by atoms with van der Waals surface area (Å²) < 4.78 is 49.9. The van der Waals surface area contributed by atoms with E-state index in [9.17, 15) is 16.8 Å². The molecular formula is C16H19NO4S2. The third-order valence-corrected chi connectivity index (χ3v) is 6.65. The average Bonchev–Trinajstić information content (AvgIpc) is 2.47. The normalized spacial score (nSPS) is 12.5. The number of nitrogens with zero attached hydrogens (tertiary/aromatic N) is 1. The fourth-order valence-corrected chi connectivity index (χ4v) is 4.60. The first-order valence-corrected chi connectivity index (χ1v) is 10.2. The number of rotatable bonds is 6. The highest BCUT2D eigenvalue weighted by Gasteiger charge is 2.19. The molecule has 0 atom stereocenters. The van der Waals surface area contributed by atoms with E-state index >= 15 is 0 Å². The van der Waals surface area contributed by atoms with Crippen LogP contribution in [0.2, 0.25) is 0 Å². The Labute approximate surface area is 137 Å². The third kappa shape index (κ3) is 4.63. The van der Waals surface area contributed by atoms with Gasteiger partial charge in [-0.05, 0) is 23.3 Å². The molecule has 0 fully saturated rings. The van der Waals surface area contributed by atoms with Gasteiger partial charge in [-0.2, -0.15) is 0 Å². The minimum absolute atomic E-state index is 0.0709. The maximum atomic E-state index is 12.3. The van der Waals surface area contributed by atoms with Gasteiger partial charge in [0.2, 0.25) is 10.0 Å². The molecule has 0 heterocycles. The Morgan fingerprint density at radius 2 is 1.35 bits per heavy atom. The summed E-state index contributed by atoms with van der Waals surface area (Å²) in [6, 6.07) is 15.0. The quantitative estimate of drug-likeness (QED) is 0.797. The molecule has 2 rings (SSSR count). The van der Waals surface area contributed by atoms with Gasteiger partial charge in [0.1, 0.15) is 0 Å². The Morgan fingerprint density at radius 1 is 0.783 bits per heavy atom. The van der Waals surface area contributed by atoms with Crippen LogP contribution < -0.4 is 0 Å². The predicted molar refractivity (Wildman–Crippen MR) is 90.1 cm³/mol. The molecule has 0 aromatic heterocycles. The molecule has 5 nitrogen and oxygen atoms in total. The fraction of sp³-hybridized carbons (Fsp3) is 0.250. The van der Waals surface area contributed by atoms with Crippen molar-refractivity contribution in [3.8, 4) is 0 Å². The molecule has 0 spiro atoms. The summed E-state index contributed by atoms with van der Waals surface area (Å²) >= 11 is 0. The van der Waals surface area contributed by atoms with E-state index in [0.717, 1.165) is 4.31 Å². The van der Waals surface area contributed by atoms with Crippen LogP contribution in [0.4, 0.5) is 0 Å². The van der Waals surface area contributed by atoms with Gasteiger partial charge in [0.15, 0.2) is 9.84 Å². The largest absolute Gasteiger partial charge is 0.242 e. The van der Waals surface area contributed by atoms with E-state index in [1.165, 1.54) is 26.2 Å². The van der Waals surface area contributed by atoms with Gasteiger partial charge in [-0.25, -0.2) is 21.1 Å². The van der Waals surface area contributed by atoms with Crippen molar-refractivity contribution in [1.82, 2.24) is 4.31 Å². The van der Waals surface area contributed by atoms with Crippen LogP contribution in [0.5, 0.6) is 0 Å². The Morgan fingerprint density at radius 3 is 1.96 bits per heavy atom. The third-order valence-electron chi connectivity index (χ3n) is 3.29. The van der Waals surface area contributed by atoms with E-state index in [4.69, 9.17) is 0 Å². The number of sulfone groups is 1. The molecule has 0 N–H and O–H groups in total. The SMILES string of the molecule is CN(C)S(=O)(=O)c1cccc(CS(=O)(=O)Cc2ccccc2)c1. The van der Waals surface area contributed by atoms with Crippen LogP contribution in [0, 0.1) is 0 Å². The van der Waals surface area contributed by atoms with E-state index in [1.807, 2.05) is 6.07 Å². The average molecular weight is 353 g/mol. The summed E-state index contributed by atoms with van der Waals surface area (Å²) in [6.07, 6.45) is 0. The summed E-state index contributed by atoms with van der Waals surface area (Å²) in [7, 11) is -4.08. The molecule has 0 radical (unpaired) electrons. The number of hydrogen-bond donors (Lipinski definition) is 0. The van der Waals surface area contributed by atoms with Crippen LogP contribution in [0.3, 0.4) is 0 Å². The van der Waals surface area contributed by atoms with Crippen LogP contribution in [-0.4, -0.2) is 35.2 Å². The van der Waals surface area contributed by atoms with Gasteiger partial charge in [0.25, 0.3) is 0 Å². The molecule has 23 heavy (non-hydrogen) atoms. The van der Waals surface area contributed by atoms with Gasteiger partial charge >= 0.3 is 0 Å². The molecule has 2 aromatic rings. The number of hydrogen-bond acceptors (Lipinski definition) is 4. The van der Waals surface area contributed by atoms with Crippen LogP contribution >= 0.6 is 0 Å². The standard InChI is InChI=1S/C16H19NO4S2/c1-17(2)23(20,21)16-10-6-9-15(11-16)13-22(18,19)12-14-7-4-3-5-8-14/h3-11H,12-13H2,1-2H3. The second kappa shape index (κ2) is 6.82. The lowest BCUT2D eigenvalue weighted by Crippen LogP contribution is -2.22. The molecule has 124 valence electrons. The maximum absolute atomic E-state index is 12.3. The highest BCUT2D eigenvalue weighted by molar-refractivity contribution is 7.90. The lowest BCUT2D eigenvalue weighted by molar-refractivity contribution is 0.520. The molecule has 2 aromatic carbocycles. The Bertz CT molecular complexity index is 873. The van der Waals surface area contributed by atoms with Crippen LogP contribution in [-0.2, 0) is 31.4 Å². The first-order chi connectivity index (χ1) is 10.7. The van der Waals surface area contributed by atoms with Crippen molar-refractivity contribution in [1.29, 1.82) is 0 Å². The molecule has 0 amide bonds. The van der Waals surface area contributed by atoms with E-state index in [0.29, 0.717) is 11.1 Å². The van der Waals surface area contributed by atoms with Gasteiger partial charge in [0, 0.05) is 14.1 Å². The summed E-state index contributed by atoms with van der Waals surface area (Å²) in [6.45, 7) is 0. The van der Waals surface area contributed by atoms with Crippen LogP contribution in [0.1, 0.15) is 11.1 Å². The van der Waals surface area contributed by atoms with Crippen molar-refractivity contribution < 1.29 is 16.8 Å². The fourth-order valence-electron chi connectivity index (χ4n) is 2.14. The zero-order valence-corrected chi connectivity index (χ0v) is 14.6. The first-order valence-electron chi connectivity index (χ1n) is 6.96. The molecule has 0 bridgehead atoms. The molecule has 7 heteroatoms. The van der Waals surface area contributed by atoms with Crippen molar-refractivity contribution in [2.75, 3.05) is 14.1 Å². The second-order valence-electron chi connectivity index (χ2n) is 5.45. The van der Waals surface area contributed by atoms with Crippen molar-refractivity contribution in [2.24, 2.45) is 0 Å². The minimum atomic E-state index is -3.58. The zero-order chi connectivity index (χ0) is 17.1. The van der Waals surface area contributed by atoms with Crippen molar-refractivity contribution in [2.45, 2.75) is 16.4 Å². The monoisotopic (exact) mass is 353 g/mol. The number of benzene rings is 2. The van der Waals surface area contributed by atoms with Crippen molar-refractivity contribution in [3.63, 3.8) is 0 Å². The second-order valence-corrected chi connectivity index (χ2v) is 9.67. The maximum Gasteiger partial charge on any atom is 0.242 e. The molecule has 0 aliphatic heterocycles. The van der Waals surface area contributed by atoms with Gasteiger partial charge in [-0.15, -0.1) is 0 Å². The number of sulfonamides is 1. The topological polar surface area (TPSA) is 71.5 Å². The highest BCUT2D eigenvalue weighted by atomic mass is 32.2. The summed E-state index contributed by atoms with van der Waals surface area (Å²) in [4.78, 5) is 0.0925. The Hall–Kier alpha value is -1.70. The van der Waals surface area contributed by atoms with Crippen molar-refractivity contribution in [3.05, 3.63) is 65.7 Å². The van der Waals surface area contributed by atoms with Gasteiger partial charge in [-0.1, -0.05) is 42.5 Å². The molecule has 0 unspecified atom stereocenters. The summed E-state index contributed by atoms with van der Waals surface area (Å²) in [5.41, 5.74) is 1.17. The zero-order valence-electron chi connectivity index (χ0n) is 13.0. The summed E-state index contributed by atoms with van der Waals surface area (Å²) in [5, 5.41) is 0. The lowest BCUT2D eigenvalue weighted by Gasteiger charge is -2.12. The lowest BCUT2D eigenvalue weighted by atomic mass is 10.2. The predicted octanol–water partition coefficient (Wildman–Crippen LogP) is 2.05.